The van der Waals surface area contributed by atoms with E-state index in [1.807, 2.05) is 30.4 Å². The minimum atomic E-state index is -0.374. The Kier molecular flexibility index (Phi) is 4.28. The van der Waals surface area contributed by atoms with Gasteiger partial charge in [-0.1, -0.05) is 6.08 Å². The van der Waals surface area contributed by atoms with Gasteiger partial charge in [0.2, 0.25) is 0 Å². The molecule has 0 radical (unpaired) electrons. The van der Waals surface area contributed by atoms with Crippen LogP contribution in [0.2, 0.25) is 0 Å². The molecule has 136 valence electrons. The summed E-state index contributed by atoms with van der Waals surface area (Å²) in [5, 5.41) is 9.75. The van der Waals surface area contributed by atoms with Gasteiger partial charge >= 0.3 is 0 Å². The van der Waals surface area contributed by atoms with Gasteiger partial charge in [0, 0.05) is 17.7 Å². The molecule has 3 aliphatic rings. The highest BCUT2D eigenvalue weighted by Gasteiger charge is 2.40. The van der Waals surface area contributed by atoms with Gasteiger partial charge in [-0.05, 0) is 51.4 Å². The summed E-state index contributed by atoms with van der Waals surface area (Å²) in [6, 6.07) is 5.99. The van der Waals surface area contributed by atoms with Crippen LogP contribution in [0, 0.1) is 11.3 Å². The number of aliphatic imine (C=N–C) groups is 1. The van der Waals surface area contributed by atoms with Gasteiger partial charge in [0.15, 0.2) is 17.4 Å². The summed E-state index contributed by atoms with van der Waals surface area (Å²) in [6.07, 6.45) is 7.17. The molecule has 2 heterocycles. The third-order valence-corrected chi connectivity index (χ3v) is 5.41. The molecule has 0 saturated carbocycles. The van der Waals surface area contributed by atoms with Crippen LogP contribution >= 0.6 is 15.9 Å². The normalized spacial score (nSPS) is 22.7. The lowest BCUT2D eigenvalue weighted by atomic mass is 9.77. The van der Waals surface area contributed by atoms with Crippen LogP contribution in [-0.4, -0.2) is 26.5 Å². The fourth-order valence-electron chi connectivity index (χ4n) is 3.62. The Morgan fingerprint density at radius 3 is 2.74 bits per heavy atom. The van der Waals surface area contributed by atoms with Crippen molar-refractivity contribution in [3.05, 3.63) is 68.7 Å². The predicted octanol–water partition coefficient (Wildman–Crippen LogP) is 3.48. The van der Waals surface area contributed by atoms with Crippen molar-refractivity contribution in [3.63, 3.8) is 0 Å². The molecule has 4 rings (SSSR count). The molecule has 6 nitrogen and oxygen atoms in total. The molecule has 27 heavy (non-hydrogen) atoms. The Hall–Kier alpha value is -2.98. The Balaban J connectivity index is 1.91. The molecule has 7 heteroatoms. The van der Waals surface area contributed by atoms with E-state index in [-0.39, 0.29) is 17.9 Å². The molecule has 0 bridgehead atoms. The minimum Gasteiger partial charge on any atom is -0.493 e. The van der Waals surface area contributed by atoms with Gasteiger partial charge in [0.25, 0.3) is 0 Å². The first-order chi connectivity index (χ1) is 13.1. The molecular weight excluding hydrogens is 410 g/mol. The van der Waals surface area contributed by atoms with Crippen LogP contribution in [0.15, 0.2) is 68.1 Å². The van der Waals surface area contributed by atoms with Gasteiger partial charge in [-0.15, -0.1) is 0 Å². The SMILES string of the molecule is COc1cc(C2C3=CC=C4N=CC=C4C3OC(N)=C2C#N)cc(Br)c1OC. The van der Waals surface area contributed by atoms with Gasteiger partial charge in [0.1, 0.15) is 17.7 Å². The third-order valence-electron chi connectivity index (χ3n) is 4.82. The summed E-state index contributed by atoms with van der Waals surface area (Å²) >= 11 is 3.53. The van der Waals surface area contributed by atoms with Gasteiger partial charge in [0.05, 0.1) is 24.4 Å². The summed E-state index contributed by atoms with van der Waals surface area (Å²) in [5.41, 5.74) is 10.1. The maximum Gasteiger partial charge on any atom is 0.200 e. The maximum atomic E-state index is 9.75. The summed E-state index contributed by atoms with van der Waals surface area (Å²) in [4.78, 5) is 4.33. The van der Waals surface area contributed by atoms with E-state index in [9.17, 15) is 5.26 Å². The minimum absolute atomic E-state index is 0.129. The average molecular weight is 426 g/mol. The number of ether oxygens (including phenoxy) is 3. The quantitative estimate of drug-likeness (QED) is 0.800. The Bertz CT molecular complexity index is 1030. The van der Waals surface area contributed by atoms with E-state index in [0.717, 1.165) is 26.9 Å². The van der Waals surface area contributed by atoms with E-state index in [1.54, 1.807) is 20.4 Å². The predicted molar refractivity (Wildman–Crippen MR) is 104 cm³/mol. The fourth-order valence-corrected chi connectivity index (χ4v) is 4.24. The van der Waals surface area contributed by atoms with Gasteiger partial charge in [-0.2, -0.15) is 5.26 Å². The highest BCUT2D eigenvalue weighted by atomic mass is 79.9. The number of halogens is 1. The number of hydrogen-bond donors (Lipinski definition) is 1. The van der Waals surface area contributed by atoms with Crippen LogP contribution in [0.5, 0.6) is 11.5 Å². The zero-order valence-corrected chi connectivity index (χ0v) is 16.3. The molecule has 0 saturated heterocycles. The van der Waals surface area contributed by atoms with Crippen molar-refractivity contribution >= 4 is 22.1 Å². The molecule has 0 amide bonds. The first-order valence-electron chi connectivity index (χ1n) is 8.23. The number of fused-ring (bicyclic) bond motifs is 3. The molecule has 2 atom stereocenters. The number of nitrogens with two attached hydrogens (primary N) is 1. The average Bonchev–Trinajstić information content (AvgIpc) is 3.15. The molecule has 0 fully saturated rings. The molecular formula is C20H16BrN3O3. The van der Waals surface area contributed by atoms with Crippen LogP contribution in [-0.2, 0) is 4.74 Å². The first kappa shape index (κ1) is 17.4. The van der Waals surface area contributed by atoms with Crippen molar-refractivity contribution in [2.75, 3.05) is 14.2 Å². The standard InChI is InChI=1S/C20H16BrN3O3/c1-25-16-8-10(7-14(21)19(16)26-2)17-12-3-4-15-11(5-6-24-15)18(12)27-20(23)13(17)9-22/h3-8,17-18H,23H2,1-2H3. The van der Waals surface area contributed by atoms with Gasteiger partial charge in [-0.25, -0.2) is 0 Å². The van der Waals surface area contributed by atoms with Crippen molar-refractivity contribution in [1.82, 2.24) is 0 Å². The number of benzene rings is 1. The van der Waals surface area contributed by atoms with E-state index < -0.39 is 0 Å². The van der Waals surface area contributed by atoms with Crippen molar-refractivity contribution < 1.29 is 14.2 Å². The van der Waals surface area contributed by atoms with E-state index >= 15 is 0 Å². The Morgan fingerprint density at radius 1 is 1.22 bits per heavy atom. The largest absolute Gasteiger partial charge is 0.493 e. The lowest BCUT2D eigenvalue weighted by Gasteiger charge is -2.36. The zero-order chi connectivity index (χ0) is 19.1. The second-order valence-electron chi connectivity index (χ2n) is 6.18. The Morgan fingerprint density at radius 2 is 2.04 bits per heavy atom. The van der Waals surface area contributed by atoms with Crippen LogP contribution in [0.25, 0.3) is 0 Å². The third kappa shape index (κ3) is 2.64. The molecule has 1 aromatic carbocycles. The number of allylic oxidation sites excluding steroid dienone is 4. The van der Waals surface area contributed by atoms with E-state index in [1.165, 1.54) is 0 Å². The monoisotopic (exact) mass is 425 g/mol. The molecule has 2 unspecified atom stereocenters. The highest BCUT2D eigenvalue weighted by molar-refractivity contribution is 9.10. The first-order valence-corrected chi connectivity index (χ1v) is 9.02. The van der Waals surface area contributed by atoms with Crippen molar-refractivity contribution in [1.29, 1.82) is 5.26 Å². The van der Waals surface area contributed by atoms with E-state index in [0.29, 0.717) is 17.1 Å². The number of nitriles is 1. The van der Waals surface area contributed by atoms with E-state index in [4.69, 9.17) is 19.9 Å². The fraction of sp³-hybridized carbons (Fsp3) is 0.200. The second kappa shape index (κ2) is 6.63. The lowest BCUT2D eigenvalue weighted by Crippen LogP contribution is -2.33. The summed E-state index contributed by atoms with van der Waals surface area (Å²) in [6.45, 7) is 0. The van der Waals surface area contributed by atoms with Crippen LogP contribution in [0.1, 0.15) is 11.5 Å². The molecule has 1 aliphatic carbocycles. The molecule has 0 spiro atoms. The highest BCUT2D eigenvalue weighted by Crippen LogP contribution is 2.48. The zero-order valence-electron chi connectivity index (χ0n) is 14.7. The lowest BCUT2D eigenvalue weighted by molar-refractivity contribution is 0.151. The maximum absolute atomic E-state index is 9.75. The summed E-state index contributed by atoms with van der Waals surface area (Å²) in [5.74, 6) is 0.928. The topological polar surface area (TPSA) is 89.9 Å². The molecule has 0 aromatic heterocycles. The van der Waals surface area contributed by atoms with Crippen molar-refractivity contribution in [2.45, 2.75) is 12.0 Å². The smallest absolute Gasteiger partial charge is 0.200 e. The van der Waals surface area contributed by atoms with Gasteiger partial charge < -0.3 is 19.9 Å². The molecule has 1 aromatic rings. The van der Waals surface area contributed by atoms with Crippen LogP contribution in [0.3, 0.4) is 0 Å². The van der Waals surface area contributed by atoms with Crippen LogP contribution in [0.4, 0.5) is 0 Å². The molecule has 2 N–H and O–H groups in total. The van der Waals surface area contributed by atoms with Crippen LogP contribution < -0.4 is 15.2 Å². The summed E-state index contributed by atoms with van der Waals surface area (Å²) < 4.78 is 17.5. The van der Waals surface area contributed by atoms with E-state index in [2.05, 4.69) is 27.0 Å². The number of nitrogens with zero attached hydrogens (tertiary/aromatic N) is 2. The second-order valence-corrected chi connectivity index (χ2v) is 7.03. The Labute approximate surface area is 165 Å². The number of hydrogen-bond acceptors (Lipinski definition) is 6. The number of methoxy groups -OCH3 is 2. The van der Waals surface area contributed by atoms with Crippen molar-refractivity contribution in [2.24, 2.45) is 10.7 Å². The number of rotatable bonds is 3. The van der Waals surface area contributed by atoms with Gasteiger partial charge in [-0.3, -0.25) is 4.99 Å². The summed E-state index contributed by atoms with van der Waals surface area (Å²) in [7, 11) is 3.15. The van der Waals surface area contributed by atoms with Crippen molar-refractivity contribution in [3.8, 4) is 17.6 Å². The molecule has 2 aliphatic heterocycles.